The molecule has 2 rings (SSSR count). The molecule has 2 N–H and O–H groups in total. The van der Waals surface area contributed by atoms with E-state index < -0.39 is 0 Å². The fraction of sp³-hybridized carbons (Fsp3) is 0.333. The van der Waals surface area contributed by atoms with E-state index in [1.54, 1.807) is 0 Å². The van der Waals surface area contributed by atoms with Gasteiger partial charge in [0.1, 0.15) is 11.6 Å². The van der Waals surface area contributed by atoms with Crippen molar-refractivity contribution in [3.8, 4) is 10.9 Å². The van der Waals surface area contributed by atoms with E-state index in [1.165, 1.54) is 11.5 Å². The van der Waals surface area contributed by atoms with Crippen LogP contribution in [0.25, 0.3) is 0 Å². The largest absolute Gasteiger partial charge is 0.430 e. The van der Waals surface area contributed by atoms with Crippen LogP contribution in [0, 0.1) is 6.92 Å². The van der Waals surface area contributed by atoms with Gasteiger partial charge in [-0.3, -0.25) is 0 Å². The molecule has 90 valence electrons. The predicted octanol–water partition coefficient (Wildman–Crippen LogP) is 3.17. The SMILES string of the molecule is CCCc1nsc(Oc2ccc(N)cc2C)n1. The molecular weight excluding hydrogens is 234 g/mol. The Morgan fingerprint density at radius 3 is 2.94 bits per heavy atom. The van der Waals surface area contributed by atoms with E-state index in [0.29, 0.717) is 5.19 Å². The van der Waals surface area contributed by atoms with Crippen molar-refractivity contribution >= 4 is 17.2 Å². The van der Waals surface area contributed by atoms with Gasteiger partial charge in [-0.2, -0.15) is 9.36 Å². The maximum Gasteiger partial charge on any atom is 0.298 e. The smallest absolute Gasteiger partial charge is 0.298 e. The molecule has 0 saturated heterocycles. The second kappa shape index (κ2) is 5.14. The molecule has 0 aliphatic carbocycles. The van der Waals surface area contributed by atoms with Crippen molar-refractivity contribution in [3.63, 3.8) is 0 Å². The Labute approximate surface area is 105 Å². The number of nitrogens with zero attached hydrogens (tertiary/aromatic N) is 2. The van der Waals surface area contributed by atoms with Gasteiger partial charge in [0, 0.05) is 23.6 Å². The van der Waals surface area contributed by atoms with Crippen LogP contribution in [0.5, 0.6) is 10.9 Å². The summed E-state index contributed by atoms with van der Waals surface area (Å²) in [5.74, 6) is 1.62. The third-order valence-electron chi connectivity index (χ3n) is 2.32. The quantitative estimate of drug-likeness (QED) is 0.845. The summed E-state index contributed by atoms with van der Waals surface area (Å²) in [6.07, 6.45) is 1.93. The van der Waals surface area contributed by atoms with Crippen LogP contribution in [0.3, 0.4) is 0 Å². The molecule has 0 radical (unpaired) electrons. The molecule has 0 aliphatic heterocycles. The lowest BCUT2D eigenvalue weighted by Crippen LogP contribution is -1.91. The van der Waals surface area contributed by atoms with Gasteiger partial charge < -0.3 is 10.5 Å². The normalized spacial score (nSPS) is 10.5. The zero-order valence-corrected chi connectivity index (χ0v) is 10.8. The lowest BCUT2D eigenvalue weighted by atomic mass is 10.2. The first-order valence-electron chi connectivity index (χ1n) is 5.55. The summed E-state index contributed by atoms with van der Waals surface area (Å²) in [7, 11) is 0. The van der Waals surface area contributed by atoms with Crippen molar-refractivity contribution in [3.05, 3.63) is 29.6 Å². The van der Waals surface area contributed by atoms with Gasteiger partial charge in [0.25, 0.3) is 5.19 Å². The van der Waals surface area contributed by atoms with E-state index in [9.17, 15) is 0 Å². The van der Waals surface area contributed by atoms with Gasteiger partial charge >= 0.3 is 0 Å². The Morgan fingerprint density at radius 1 is 1.41 bits per heavy atom. The molecule has 1 aromatic carbocycles. The Kier molecular flexibility index (Phi) is 3.58. The summed E-state index contributed by atoms with van der Waals surface area (Å²) in [6.45, 7) is 4.06. The van der Waals surface area contributed by atoms with E-state index in [1.807, 2.05) is 25.1 Å². The molecular formula is C12H15N3OS. The highest BCUT2D eigenvalue weighted by molar-refractivity contribution is 7.07. The van der Waals surface area contributed by atoms with Crippen molar-refractivity contribution in [2.75, 3.05) is 5.73 Å². The molecule has 4 nitrogen and oxygen atoms in total. The van der Waals surface area contributed by atoms with Crippen molar-refractivity contribution in [1.82, 2.24) is 9.36 Å². The zero-order valence-electron chi connectivity index (χ0n) is 9.93. The molecule has 0 bridgehead atoms. The summed E-state index contributed by atoms with van der Waals surface area (Å²) in [6, 6.07) is 5.55. The van der Waals surface area contributed by atoms with Gasteiger partial charge in [0.15, 0.2) is 0 Å². The average Bonchev–Trinajstić information content (AvgIpc) is 2.71. The summed E-state index contributed by atoms with van der Waals surface area (Å²) >= 11 is 1.28. The van der Waals surface area contributed by atoms with Crippen LogP contribution in [0.2, 0.25) is 0 Å². The number of aryl methyl sites for hydroxylation is 2. The Bertz CT molecular complexity index is 510. The molecule has 0 aliphatic rings. The Morgan fingerprint density at radius 2 is 2.24 bits per heavy atom. The minimum atomic E-state index is 0.585. The lowest BCUT2D eigenvalue weighted by molar-refractivity contribution is 0.473. The number of nitrogens with two attached hydrogens (primary N) is 1. The molecule has 0 amide bonds. The number of aromatic nitrogens is 2. The van der Waals surface area contributed by atoms with Crippen molar-refractivity contribution in [1.29, 1.82) is 0 Å². The number of ether oxygens (including phenoxy) is 1. The number of benzene rings is 1. The fourth-order valence-electron chi connectivity index (χ4n) is 1.49. The average molecular weight is 249 g/mol. The van der Waals surface area contributed by atoms with E-state index in [0.717, 1.165) is 35.7 Å². The highest BCUT2D eigenvalue weighted by atomic mass is 32.1. The third kappa shape index (κ3) is 2.94. The van der Waals surface area contributed by atoms with Crippen LogP contribution in [0.4, 0.5) is 5.69 Å². The number of rotatable bonds is 4. The molecule has 0 saturated carbocycles. The highest BCUT2D eigenvalue weighted by Crippen LogP contribution is 2.27. The lowest BCUT2D eigenvalue weighted by Gasteiger charge is -2.05. The van der Waals surface area contributed by atoms with Gasteiger partial charge in [-0.15, -0.1) is 0 Å². The van der Waals surface area contributed by atoms with Crippen LogP contribution in [-0.2, 0) is 6.42 Å². The third-order valence-corrected chi connectivity index (χ3v) is 2.95. The summed E-state index contributed by atoms with van der Waals surface area (Å²) in [5.41, 5.74) is 7.42. The Hall–Kier alpha value is -1.62. The molecule has 0 spiro atoms. The van der Waals surface area contributed by atoms with Gasteiger partial charge in [-0.05, 0) is 37.1 Å². The molecule has 0 atom stereocenters. The first-order chi connectivity index (χ1) is 8.19. The first-order valence-corrected chi connectivity index (χ1v) is 6.33. The Balaban J connectivity index is 2.13. The first kappa shape index (κ1) is 11.9. The predicted molar refractivity (Wildman–Crippen MR) is 69.6 cm³/mol. The second-order valence-electron chi connectivity index (χ2n) is 3.85. The van der Waals surface area contributed by atoms with Crippen molar-refractivity contribution < 1.29 is 4.74 Å². The maximum absolute atomic E-state index is 5.68. The van der Waals surface area contributed by atoms with E-state index in [-0.39, 0.29) is 0 Å². The molecule has 5 heteroatoms. The van der Waals surface area contributed by atoms with Crippen LogP contribution in [0.15, 0.2) is 18.2 Å². The summed E-state index contributed by atoms with van der Waals surface area (Å²) in [5, 5.41) is 0.585. The minimum absolute atomic E-state index is 0.585. The highest BCUT2D eigenvalue weighted by Gasteiger charge is 2.07. The molecule has 0 fully saturated rings. The summed E-state index contributed by atoms with van der Waals surface area (Å²) in [4.78, 5) is 4.31. The maximum atomic E-state index is 5.68. The van der Waals surface area contributed by atoms with Crippen LogP contribution in [-0.4, -0.2) is 9.36 Å². The van der Waals surface area contributed by atoms with Crippen LogP contribution >= 0.6 is 11.5 Å². The number of hydrogen-bond acceptors (Lipinski definition) is 5. The van der Waals surface area contributed by atoms with Gasteiger partial charge in [0.2, 0.25) is 0 Å². The number of nitrogen functional groups attached to an aromatic ring is 1. The molecule has 1 aromatic heterocycles. The monoisotopic (exact) mass is 249 g/mol. The topological polar surface area (TPSA) is 61.0 Å². The molecule has 2 aromatic rings. The van der Waals surface area contributed by atoms with Gasteiger partial charge in [-0.25, -0.2) is 0 Å². The molecule has 0 unspecified atom stereocenters. The second-order valence-corrected chi connectivity index (χ2v) is 4.57. The molecule has 17 heavy (non-hydrogen) atoms. The van der Waals surface area contributed by atoms with Crippen LogP contribution in [0.1, 0.15) is 24.7 Å². The zero-order chi connectivity index (χ0) is 12.3. The van der Waals surface area contributed by atoms with E-state index >= 15 is 0 Å². The number of hydrogen-bond donors (Lipinski definition) is 1. The fourth-order valence-corrected chi connectivity index (χ4v) is 2.07. The van der Waals surface area contributed by atoms with Crippen LogP contribution < -0.4 is 10.5 Å². The van der Waals surface area contributed by atoms with Crippen molar-refractivity contribution in [2.24, 2.45) is 0 Å². The van der Waals surface area contributed by atoms with E-state index in [2.05, 4.69) is 16.3 Å². The van der Waals surface area contributed by atoms with E-state index in [4.69, 9.17) is 10.5 Å². The number of anilines is 1. The standard InChI is InChI=1S/C12H15N3OS/c1-3-4-11-14-12(17-15-11)16-10-6-5-9(13)7-8(10)2/h5-7H,3-4,13H2,1-2H3. The molecule has 1 heterocycles. The van der Waals surface area contributed by atoms with Gasteiger partial charge in [-0.1, -0.05) is 6.92 Å². The minimum Gasteiger partial charge on any atom is -0.430 e. The summed E-state index contributed by atoms with van der Waals surface area (Å²) < 4.78 is 9.91. The van der Waals surface area contributed by atoms with Crippen molar-refractivity contribution in [2.45, 2.75) is 26.7 Å². The van der Waals surface area contributed by atoms with Gasteiger partial charge in [0.05, 0.1) is 0 Å².